The first kappa shape index (κ1) is 14.5. The number of hydrogen-bond acceptors (Lipinski definition) is 3. The Hall–Kier alpha value is -2.40. The molecule has 0 fully saturated rings. The first-order valence-corrected chi connectivity index (χ1v) is 7.41. The molecule has 0 spiro atoms. The number of para-hydroxylation sites is 2. The zero-order valence-corrected chi connectivity index (χ0v) is 12.6. The van der Waals surface area contributed by atoms with Gasteiger partial charge in [0, 0.05) is 19.3 Å². The number of halogens is 1. The number of benzene rings is 1. The lowest BCUT2D eigenvalue weighted by molar-refractivity contribution is 0.0952. The van der Waals surface area contributed by atoms with Gasteiger partial charge in [0.15, 0.2) is 0 Å². The van der Waals surface area contributed by atoms with E-state index in [9.17, 15) is 4.79 Å². The van der Waals surface area contributed by atoms with Gasteiger partial charge in [-0.25, -0.2) is 9.97 Å². The number of carbonyl (C=O) groups is 1. The Balaban J connectivity index is 1.51. The van der Waals surface area contributed by atoms with Crippen LogP contribution in [0.5, 0.6) is 0 Å². The van der Waals surface area contributed by atoms with Gasteiger partial charge in [-0.2, -0.15) is 0 Å². The van der Waals surface area contributed by atoms with Crippen molar-refractivity contribution in [1.82, 2.24) is 19.9 Å². The summed E-state index contributed by atoms with van der Waals surface area (Å²) in [7, 11) is 0. The van der Waals surface area contributed by atoms with E-state index in [4.69, 9.17) is 11.6 Å². The molecule has 0 aliphatic rings. The van der Waals surface area contributed by atoms with Crippen LogP contribution in [0.2, 0.25) is 5.15 Å². The summed E-state index contributed by atoms with van der Waals surface area (Å²) in [4.78, 5) is 20.2. The molecule has 0 saturated carbocycles. The molecular formula is C16H15ClN4O. The zero-order chi connectivity index (χ0) is 15.4. The van der Waals surface area contributed by atoms with Gasteiger partial charge in [0.2, 0.25) is 0 Å². The quantitative estimate of drug-likeness (QED) is 0.582. The number of rotatable bonds is 5. The Morgan fingerprint density at radius 3 is 2.86 bits per heavy atom. The molecule has 1 N–H and O–H groups in total. The van der Waals surface area contributed by atoms with E-state index in [0.717, 1.165) is 24.0 Å². The van der Waals surface area contributed by atoms with E-state index in [0.29, 0.717) is 17.3 Å². The normalized spacial score (nSPS) is 10.8. The summed E-state index contributed by atoms with van der Waals surface area (Å²) in [6.07, 6.45) is 4.13. The Bertz CT molecular complexity index is 782. The summed E-state index contributed by atoms with van der Waals surface area (Å²) in [6.45, 7) is 1.40. The first-order valence-electron chi connectivity index (χ1n) is 7.04. The van der Waals surface area contributed by atoms with Crippen LogP contribution < -0.4 is 5.32 Å². The topological polar surface area (TPSA) is 59.8 Å². The highest BCUT2D eigenvalue weighted by Crippen LogP contribution is 2.12. The Morgan fingerprint density at radius 1 is 1.18 bits per heavy atom. The average molecular weight is 315 g/mol. The van der Waals surface area contributed by atoms with Gasteiger partial charge in [-0.05, 0) is 30.7 Å². The van der Waals surface area contributed by atoms with Crippen LogP contribution >= 0.6 is 11.6 Å². The number of nitrogens with zero attached hydrogens (tertiary/aromatic N) is 3. The zero-order valence-electron chi connectivity index (χ0n) is 11.9. The van der Waals surface area contributed by atoms with E-state index >= 15 is 0 Å². The second-order valence-corrected chi connectivity index (χ2v) is 5.29. The fourth-order valence-corrected chi connectivity index (χ4v) is 2.36. The van der Waals surface area contributed by atoms with Crippen molar-refractivity contribution < 1.29 is 4.79 Å². The first-order chi connectivity index (χ1) is 10.7. The molecule has 22 heavy (non-hydrogen) atoms. The molecule has 5 nitrogen and oxygen atoms in total. The summed E-state index contributed by atoms with van der Waals surface area (Å²) in [5.74, 6) is -0.139. The van der Waals surface area contributed by atoms with Gasteiger partial charge in [-0.15, -0.1) is 0 Å². The molecule has 0 atom stereocenters. The average Bonchev–Trinajstić information content (AvgIpc) is 2.95. The van der Waals surface area contributed by atoms with Crippen LogP contribution in [0.3, 0.4) is 0 Å². The summed E-state index contributed by atoms with van der Waals surface area (Å²) < 4.78 is 2.09. The fourth-order valence-electron chi connectivity index (χ4n) is 2.25. The number of hydrogen-bond donors (Lipinski definition) is 1. The molecule has 0 unspecified atom stereocenters. The third-order valence-corrected chi connectivity index (χ3v) is 3.60. The number of imidazole rings is 1. The minimum atomic E-state index is -0.139. The Morgan fingerprint density at radius 2 is 2.05 bits per heavy atom. The molecule has 0 bridgehead atoms. The molecule has 2 aromatic heterocycles. The smallest absolute Gasteiger partial charge is 0.252 e. The molecule has 3 rings (SSSR count). The van der Waals surface area contributed by atoms with Gasteiger partial charge in [0.05, 0.1) is 22.9 Å². The lowest BCUT2D eigenvalue weighted by atomic mass is 10.2. The van der Waals surface area contributed by atoms with E-state index in [-0.39, 0.29) is 5.91 Å². The van der Waals surface area contributed by atoms with Crippen molar-refractivity contribution in [1.29, 1.82) is 0 Å². The molecule has 0 radical (unpaired) electrons. The van der Waals surface area contributed by atoms with Crippen molar-refractivity contribution in [3.05, 3.63) is 59.6 Å². The van der Waals surface area contributed by atoms with Gasteiger partial charge in [-0.1, -0.05) is 23.7 Å². The second-order valence-electron chi connectivity index (χ2n) is 4.91. The van der Waals surface area contributed by atoms with Crippen LogP contribution in [0, 0.1) is 0 Å². The van der Waals surface area contributed by atoms with Gasteiger partial charge < -0.3 is 9.88 Å². The number of aromatic nitrogens is 3. The van der Waals surface area contributed by atoms with Gasteiger partial charge >= 0.3 is 0 Å². The molecule has 6 heteroatoms. The molecule has 0 saturated heterocycles. The van der Waals surface area contributed by atoms with Crippen molar-refractivity contribution in [3.8, 4) is 0 Å². The molecule has 0 aliphatic heterocycles. The maximum absolute atomic E-state index is 11.9. The maximum atomic E-state index is 11.9. The van der Waals surface area contributed by atoms with E-state index in [1.807, 2.05) is 30.6 Å². The summed E-state index contributed by atoms with van der Waals surface area (Å²) in [6, 6.07) is 11.3. The monoisotopic (exact) mass is 314 g/mol. The highest BCUT2D eigenvalue weighted by atomic mass is 35.5. The Labute approximate surface area is 133 Å². The van der Waals surface area contributed by atoms with Crippen LogP contribution in [-0.4, -0.2) is 27.0 Å². The minimum Gasteiger partial charge on any atom is -0.352 e. The van der Waals surface area contributed by atoms with Crippen LogP contribution in [0.1, 0.15) is 16.8 Å². The van der Waals surface area contributed by atoms with Gasteiger partial charge in [0.1, 0.15) is 5.15 Å². The van der Waals surface area contributed by atoms with Crippen molar-refractivity contribution in [2.24, 2.45) is 0 Å². The van der Waals surface area contributed by atoms with Gasteiger partial charge in [0.25, 0.3) is 5.91 Å². The predicted octanol–water partition coefficient (Wildman–Crippen LogP) is 2.90. The molecule has 1 amide bonds. The fraction of sp³-hybridized carbons (Fsp3) is 0.188. The lowest BCUT2D eigenvalue weighted by Crippen LogP contribution is -2.25. The minimum absolute atomic E-state index is 0.139. The Kier molecular flexibility index (Phi) is 4.34. The molecule has 3 aromatic rings. The van der Waals surface area contributed by atoms with Crippen molar-refractivity contribution >= 4 is 28.5 Å². The summed E-state index contributed by atoms with van der Waals surface area (Å²) in [5.41, 5.74) is 2.60. The number of carbonyl (C=O) groups excluding carboxylic acids is 1. The van der Waals surface area contributed by atoms with Crippen LogP contribution in [-0.2, 0) is 6.54 Å². The summed E-state index contributed by atoms with van der Waals surface area (Å²) in [5, 5.41) is 3.25. The number of pyridine rings is 1. The SMILES string of the molecule is O=C(NCCCn1cnc2ccccc21)c1ccc(Cl)nc1. The lowest BCUT2D eigenvalue weighted by Gasteiger charge is -2.06. The van der Waals surface area contributed by atoms with Crippen molar-refractivity contribution in [3.63, 3.8) is 0 Å². The molecule has 2 heterocycles. The molecule has 0 aliphatic carbocycles. The van der Waals surface area contributed by atoms with Crippen LogP contribution in [0.4, 0.5) is 0 Å². The van der Waals surface area contributed by atoms with E-state index in [1.54, 1.807) is 12.1 Å². The third-order valence-electron chi connectivity index (χ3n) is 3.38. The maximum Gasteiger partial charge on any atom is 0.252 e. The van der Waals surface area contributed by atoms with Crippen LogP contribution in [0.25, 0.3) is 11.0 Å². The molecule has 112 valence electrons. The largest absolute Gasteiger partial charge is 0.352 e. The highest BCUT2D eigenvalue weighted by molar-refractivity contribution is 6.29. The van der Waals surface area contributed by atoms with Crippen molar-refractivity contribution in [2.75, 3.05) is 6.54 Å². The predicted molar refractivity (Wildman–Crippen MR) is 85.9 cm³/mol. The number of aryl methyl sites for hydroxylation is 1. The molecule has 1 aromatic carbocycles. The number of amides is 1. The van der Waals surface area contributed by atoms with Crippen molar-refractivity contribution in [2.45, 2.75) is 13.0 Å². The highest BCUT2D eigenvalue weighted by Gasteiger charge is 2.05. The molecular weight excluding hydrogens is 300 g/mol. The van der Waals surface area contributed by atoms with E-state index < -0.39 is 0 Å². The summed E-state index contributed by atoms with van der Waals surface area (Å²) >= 11 is 5.70. The van der Waals surface area contributed by atoms with Gasteiger partial charge in [-0.3, -0.25) is 4.79 Å². The van der Waals surface area contributed by atoms with E-state index in [2.05, 4.69) is 19.9 Å². The number of nitrogens with one attached hydrogen (secondary N) is 1. The third kappa shape index (κ3) is 3.26. The van der Waals surface area contributed by atoms with Crippen LogP contribution in [0.15, 0.2) is 48.9 Å². The second kappa shape index (κ2) is 6.58. The number of fused-ring (bicyclic) bond motifs is 1. The standard InChI is InChI=1S/C16H15ClN4O/c17-15-7-6-12(10-19-15)16(22)18-8-3-9-21-11-20-13-4-1-2-5-14(13)21/h1-2,4-7,10-11H,3,8-9H2,(H,18,22). The van der Waals surface area contributed by atoms with E-state index in [1.165, 1.54) is 6.20 Å².